The maximum Gasteiger partial charge on any atom is 0.228 e. The van der Waals surface area contributed by atoms with E-state index in [0.29, 0.717) is 13.2 Å². The smallest absolute Gasteiger partial charge is 0.228 e. The average Bonchev–Trinajstić information content (AvgIpc) is 2.69. The van der Waals surface area contributed by atoms with Crippen LogP contribution in [0.2, 0.25) is 0 Å². The van der Waals surface area contributed by atoms with Crippen molar-refractivity contribution in [2.75, 3.05) is 39.9 Å². The molecule has 0 bridgehead atoms. The molecule has 1 aromatic carbocycles. The zero-order chi connectivity index (χ0) is 19.1. The summed E-state index contributed by atoms with van der Waals surface area (Å²) in [6, 6.07) is 8.65. The minimum atomic E-state index is -0.387. The van der Waals surface area contributed by atoms with E-state index in [2.05, 4.69) is 46.7 Å². The molecule has 2 N–H and O–H groups in total. The highest BCUT2D eigenvalue weighted by Crippen LogP contribution is 2.29. The number of rotatable bonds is 7. The van der Waals surface area contributed by atoms with Crippen LogP contribution in [0.25, 0.3) is 0 Å². The third kappa shape index (κ3) is 7.41. The van der Waals surface area contributed by atoms with Crippen molar-refractivity contribution >= 4 is 30.7 Å². The quantitative estimate of drug-likeness (QED) is 0.674. The summed E-state index contributed by atoms with van der Waals surface area (Å²) < 4.78 is 5.37. The number of hydrogen-bond acceptors (Lipinski definition) is 4. The van der Waals surface area contributed by atoms with E-state index in [-0.39, 0.29) is 36.1 Å². The number of methoxy groups -OCH3 is 1. The minimum absolute atomic E-state index is 0. The first-order valence-electron chi connectivity index (χ1n) is 10.4. The summed E-state index contributed by atoms with van der Waals surface area (Å²) in [6.07, 6.45) is 4.26. The third-order valence-electron chi connectivity index (χ3n) is 6.19. The van der Waals surface area contributed by atoms with Crippen LogP contribution in [0.3, 0.4) is 0 Å². The molecule has 0 radical (unpaired) electrons. The van der Waals surface area contributed by atoms with E-state index in [9.17, 15) is 4.79 Å². The van der Waals surface area contributed by atoms with Gasteiger partial charge < -0.3 is 15.4 Å². The van der Waals surface area contributed by atoms with E-state index < -0.39 is 0 Å². The van der Waals surface area contributed by atoms with Gasteiger partial charge in [0, 0.05) is 20.2 Å². The molecule has 2 fully saturated rings. The Morgan fingerprint density at radius 1 is 1.21 bits per heavy atom. The first-order valence-corrected chi connectivity index (χ1v) is 10.4. The number of halogens is 2. The number of ether oxygens (including phenoxy) is 1. The van der Waals surface area contributed by atoms with Gasteiger partial charge in [0.05, 0.1) is 12.0 Å². The standard InChI is InChI=1S/C22H35N3O2.2ClH/c1-18-6-12-25(13-7-18)16-20-5-3-4-19(14-20)15-24-21(26)22(17-27-2)8-10-23-11-9-22;;/h3-5,14,18,23H,6-13,15-17H2,1-2H3,(H,24,26);2*1H. The van der Waals surface area contributed by atoms with Gasteiger partial charge in [-0.15, -0.1) is 24.8 Å². The summed E-state index contributed by atoms with van der Waals surface area (Å²) in [6.45, 7) is 8.57. The summed E-state index contributed by atoms with van der Waals surface area (Å²) in [4.78, 5) is 15.4. The van der Waals surface area contributed by atoms with Gasteiger partial charge in [-0.3, -0.25) is 9.69 Å². The Bertz CT molecular complexity index is 610. The zero-order valence-electron chi connectivity index (χ0n) is 17.7. The third-order valence-corrected chi connectivity index (χ3v) is 6.19. The fourth-order valence-electron chi connectivity index (χ4n) is 4.30. The molecule has 2 saturated heterocycles. The molecule has 2 heterocycles. The van der Waals surface area contributed by atoms with Crippen molar-refractivity contribution in [2.24, 2.45) is 11.3 Å². The predicted octanol–water partition coefficient (Wildman–Crippen LogP) is 3.39. The lowest BCUT2D eigenvalue weighted by atomic mass is 9.78. The Labute approximate surface area is 188 Å². The molecule has 0 saturated carbocycles. The monoisotopic (exact) mass is 445 g/mol. The molecule has 166 valence electrons. The second kappa shape index (κ2) is 12.8. The van der Waals surface area contributed by atoms with E-state index in [1.807, 2.05) is 0 Å². The number of nitrogens with zero attached hydrogens (tertiary/aromatic N) is 1. The van der Waals surface area contributed by atoms with Gasteiger partial charge in [0.2, 0.25) is 5.91 Å². The number of benzene rings is 1. The first-order chi connectivity index (χ1) is 13.1. The van der Waals surface area contributed by atoms with Crippen LogP contribution in [0, 0.1) is 11.3 Å². The number of nitrogens with one attached hydrogen (secondary N) is 2. The van der Waals surface area contributed by atoms with Crippen LogP contribution in [0.15, 0.2) is 24.3 Å². The molecule has 29 heavy (non-hydrogen) atoms. The largest absolute Gasteiger partial charge is 0.384 e. The van der Waals surface area contributed by atoms with Gasteiger partial charge in [-0.25, -0.2) is 0 Å². The lowest BCUT2D eigenvalue weighted by molar-refractivity contribution is -0.136. The topological polar surface area (TPSA) is 53.6 Å². The van der Waals surface area contributed by atoms with Crippen molar-refractivity contribution in [3.63, 3.8) is 0 Å². The Hall–Kier alpha value is -0.850. The Kier molecular flexibility index (Phi) is 11.5. The van der Waals surface area contributed by atoms with E-state index in [1.165, 1.54) is 37.1 Å². The Morgan fingerprint density at radius 2 is 1.86 bits per heavy atom. The highest BCUT2D eigenvalue weighted by atomic mass is 35.5. The number of piperidine rings is 2. The highest BCUT2D eigenvalue weighted by Gasteiger charge is 2.39. The molecule has 0 spiro atoms. The van der Waals surface area contributed by atoms with Crippen molar-refractivity contribution in [2.45, 2.75) is 45.7 Å². The van der Waals surface area contributed by atoms with E-state index in [0.717, 1.165) is 38.4 Å². The van der Waals surface area contributed by atoms with E-state index in [4.69, 9.17) is 4.74 Å². The number of amides is 1. The van der Waals surface area contributed by atoms with E-state index >= 15 is 0 Å². The second-order valence-corrected chi connectivity index (χ2v) is 8.42. The Morgan fingerprint density at radius 3 is 2.52 bits per heavy atom. The SMILES string of the molecule is COCC1(C(=O)NCc2cccc(CN3CCC(C)CC3)c2)CCNCC1.Cl.Cl. The van der Waals surface area contributed by atoms with Gasteiger partial charge in [-0.2, -0.15) is 0 Å². The van der Waals surface area contributed by atoms with Crippen LogP contribution in [-0.2, 0) is 22.6 Å². The molecule has 0 aromatic heterocycles. The first kappa shape index (κ1) is 26.2. The maximum atomic E-state index is 12.9. The molecular formula is C22H37Cl2N3O2. The van der Waals surface area contributed by atoms with Gasteiger partial charge in [0.15, 0.2) is 0 Å². The molecule has 5 nitrogen and oxygen atoms in total. The number of hydrogen-bond donors (Lipinski definition) is 2. The van der Waals surface area contributed by atoms with Crippen molar-refractivity contribution < 1.29 is 9.53 Å². The van der Waals surface area contributed by atoms with Crippen molar-refractivity contribution in [1.29, 1.82) is 0 Å². The molecule has 3 rings (SSSR count). The lowest BCUT2D eigenvalue weighted by Gasteiger charge is -2.35. The Balaban J connectivity index is 0.00000210. The molecule has 0 atom stereocenters. The lowest BCUT2D eigenvalue weighted by Crippen LogP contribution is -2.49. The maximum absolute atomic E-state index is 12.9. The van der Waals surface area contributed by atoms with Gasteiger partial charge in [0.1, 0.15) is 0 Å². The number of likely N-dealkylation sites (tertiary alicyclic amines) is 1. The van der Waals surface area contributed by atoms with E-state index in [1.54, 1.807) is 7.11 Å². The van der Waals surface area contributed by atoms with Crippen molar-refractivity contribution in [3.8, 4) is 0 Å². The van der Waals surface area contributed by atoms with Gasteiger partial charge in [-0.1, -0.05) is 31.2 Å². The highest BCUT2D eigenvalue weighted by molar-refractivity contribution is 5.85. The summed E-state index contributed by atoms with van der Waals surface area (Å²) in [7, 11) is 1.68. The summed E-state index contributed by atoms with van der Waals surface area (Å²) in [5, 5.41) is 6.51. The second-order valence-electron chi connectivity index (χ2n) is 8.42. The zero-order valence-corrected chi connectivity index (χ0v) is 19.4. The van der Waals surface area contributed by atoms with Crippen LogP contribution in [0.1, 0.15) is 43.7 Å². The van der Waals surface area contributed by atoms with Crippen LogP contribution in [0.5, 0.6) is 0 Å². The molecule has 2 aliphatic rings. The molecule has 0 aliphatic carbocycles. The molecule has 0 unspecified atom stereocenters. The van der Waals surface area contributed by atoms with Crippen molar-refractivity contribution in [3.05, 3.63) is 35.4 Å². The van der Waals surface area contributed by atoms with Crippen LogP contribution >= 0.6 is 24.8 Å². The fraction of sp³-hybridized carbons (Fsp3) is 0.682. The summed E-state index contributed by atoms with van der Waals surface area (Å²) >= 11 is 0. The predicted molar refractivity (Wildman–Crippen MR) is 123 cm³/mol. The van der Waals surface area contributed by atoms with Crippen LogP contribution in [0.4, 0.5) is 0 Å². The summed E-state index contributed by atoms with van der Waals surface area (Å²) in [5.74, 6) is 0.985. The van der Waals surface area contributed by atoms with Crippen molar-refractivity contribution in [1.82, 2.24) is 15.5 Å². The van der Waals surface area contributed by atoms with Crippen LogP contribution in [-0.4, -0.2) is 50.7 Å². The molecule has 1 amide bonds. The molecule has 7 heteroatoms. The molecular weight excluding hydrogens is 409 g/mol. The average molecular weight is 446 g/mol. The van der Waals surface area contributed by atoms with Gasteiger partial charge in [0.25, 0.3) is 0 Å². The number of carbonyl (C=O) groups excluding carboxylic acids is 1. The summed E-state index contributed by atoms with van der Waals surface area (Å²) in [5.41, 5.74) is 2.12. The van der Waals surface area contributed by atoms with Crippen LogP contribution < -0.4 is 10.6 Å². The minimum Gasteiger partial charge on any atom is -0.384 e. The fourth-order valence-corrected chi connectivity index (χ4v) is 4.30. The molecule has 1 aromatic rings. The van der Waals surface area contributed by atoms with Gasteiger partial charge >= 0.3 is 0 Å². The van der Waals surface area contributed by atoms with Gasteiger partial charge in [-0.05, 0) is 68.9 Å². The normalized spacial score (nSPS) is 19.7. The number of carbonyl (C=O) groups is 1. The molecule has 2 aliphatic heterocycles.